The van der Waals surface area contributed by atoms with Gasteiger partial charge in [0.25, 0.3) is 0 Å². The van der Waals surface area contributed by atoms with Crippen LogP contribution in [0.2, 0.25) is 0 Å². The zero-order valence-corrected chi connectivity index (χ0v) is 32.9. The molecule has 282 valence electrons. The van der Waals surface area contributed by atoms with E-state index >= 15 is 0 Å². The number of terminal acetylenes is 1. The summed E-state index contributed by atoms with van der Waals surface area (Å²) in [5.74, 6) is 7.61. The first-order valence-corrected chi connectivity index (χ1v) is 20.4. The van der Waals surface area contributed by atoms with Crippen molar-refractivity contribution >= 4 is 11.9 Å². The molecule has 6 nitrogen and oxygen atoms in total. The molecular weight excluding hydrogens is 594 g/mol. The monoisotopic (exact) mass is 676 g/mol. The van der Waals surface area contributed by atoms with Crippen LogP contribution >= 0.6 is 0 Å². The second kappa shape index (κ2) is 28.2. The van der Waals surface area contributed by atoms with Gasteiger partial charge in [0.15, 0.2) is 0 Å². The normalized spacial score (nSPS) is 27.4. The van der Waals surface area contributed by atoms with Crippen LogP contribution in [0, 0.1) is 53.3 Å². The second-order valence-corrected chi connectivity index (χ2v) is 15.3. The number of carbonyl (C=O) groups is 2. The van der Waals surface area contributed by atoms with Gasteiger partial charge in [0.1, 0.15) is 0 Å². The van der Waals surface area contributed by atoms with Crippen molar-refractivity contribution in [2.75, 3.05) is 26.2 Å². The molecule has 0 aromatic carbocycles. The summed E-state index contributed by atoms with van der Waals surface area (Å²) in [5, 5.41) is 7.83. The van der Waals surface area contributed by atoms with Gasteiger partial charge in [-0.1, -0.05) is 112 Å². The Morgan fingerprint density at radius 3 is 2.06 bits per heavy atom. The van der Waals surface area contributed by atoms with Crippen LogP contribution in [0.5, 0.6) is 0 Å². The van der Waals surface area contributed by atoms with Crippen LogP contribution in [0.4, 0.5) is 0 Å². The van der Waals surface area contributed by atoms with Gasteiger partial charge < -0.3 is 21.5 Å². The molecule has 3 fully saturated rings. The Morgan fingerprint density at radius 1 is 0.875 bits per heavy atom. The van der Waals surface area contributed by atoms with Crippen LogP contribution in [0.25, 0.3) is 0 Å². The van der Waals surface area contributed by atoms with Crippen molar-refractivity contribution in [1.29, 1.82) is 0 Å². The minimum absolute atomic E-state index is 0.0694. The molecule has 3 saturated carbocycles. The Hall–Kier alpha value is -1.58. The van der Waals surface area contributed by atoms with Crippen molar-refractivity contribution in [3.8, 4) is 12.3 Å². The van der Waals surface area contributed by atoms with E-state index in [9.17, 15) is 9.59 Å². The number of unbranched alkanes of at least 4 members (excludes halogenated alkanes) is 5. The summed E-state index contributed by atoms with van der Waals surface area (Å²) in [5.41, 5.74) is 10.3. The first-order chi connectivity index (χ1) is 23.1. The number of carboxylic acids is 1. The molecule has 0 aliphatic heterocycles. The summed E-state index contributed by atoms with van der Waals surface area (Å²) < 4.78 is 0. The van der Waals surface area contributed by atoms with Gasteiger partial charge in [-0.05, 0) is 105 Å². The van der Waals surface area contributed by atoms with E-state index in [0.29, 0.717) is 24.3 Å². The maximum atomic E-state index is 12.9. The number of aliphatic carboxylic acids is 1. The first kappa shape index (κ1) is 46.4. The Balaban J connectivity index is 0.00000159. The smallest absolute Gasteiger partial charge is 0.304 e. The Morgan fingerprint density at radius 2 is 1.50 bits per heavy atom. The lowest BCUT2D eigenvalue weighted by Crippen LogP contribution is -2.47. The predicted molar refractivity (Wildman–Crippen MR) is 207 cm³/mol. The molecule has 48 heavy (non-hydrogen) atoms. The number of hydrogen-bond acceptors (Lipinski definition) is 4. The molecule has 3 rings (SSSR count). The van der Waals surface area contributed by atoms with Crippen LogP contribution in [0.1, 0.15) is 177 Å². The lowest BCUT2D eigenvalue weighted by atomic mass is 9.49. The molecule has 0 saturated heterocycles. The largest absolute Gasteiger partial charge is 0.481 e. The third-order valence-electron chi connectivity index (χ3n) is 11.7. The number of nitrogens with two attached hydrogens (primary N) is 2. The second-order valence-electron chi connectivity index (χ2n) is 15.3. The molecule has 6 heteroatoms. The number of hydrogen-bond donors (Lipinski definition) is 3. The van der Waals surface area contributed by atoms with Gasteiger partial charge in [0.2, 0.25) is 5.91 Å². The predicted octanol–water partition coefficient (Wildman–Crippen LogP) is 10.1. The highest BCUT2D eigenvalue weighted by atomic mass is 16.4. The van der Waals surface area contributed by atoms with E-state index in [1.54, 1.807) is 0 Å². The van der Waals surface area contributed by atoms with Crippen LogP contribution in [0.15, 0.2) is 0 Å². The fourth-order valence-corrected chi connectivity index (χ4v) is 9.33. The molecule has 3 aliphatic carbocycles. The number of carboxylic acid groups (broad SMARTS) is 1. The van der Waals surface area contributed by atoms with Gasteiger partial charge in [0.05, 0.1) is 13.0 Å². The number of nitrogens with zero attached hydrogens (tertiary/aromatic N) is 1. The fourth-order valence-electron chi connectivity index (χ4n) is 9.33. The van der Waals surface area contributed by atoms with E-state index < -0.39 is 5.97 Å². The maximum absolute atomic E-state index is 12.9. The summed E-state index contributed by atoms with van der Waals surface area (Å²) in [6.07, 6.45) is 30.5. The fraction of sp³-hybridized carbons (Fsp3) is 0.905. The molecule has 3 aliphatic rings. The van der Waals surface area contributed by atoms with E-state index in [-0.39, 0.29) is 13.0 Å². The van der Waals surface area contributed by atoms with Crippen LogP contribution in [0.3, 0.4) is 0 Å². The third-order valence-corrected chi connectivity index (χ3v) is 11.7. The summed E-state index contributed by atoms with van der Waals surface area (Å²) >= 11 is 0. The van der Waals surface area contributed by atoms with Crippen molar-refractivity contribution in [2.24, 2.45) is 52.4 Å². The number of rotatable bonds is 16. The number of amides is 1. The summed E-state index contributed by atoms with van der Waals surface area (Å²) in [6, 6.07) is 0. The highest BCUT2D eigenvalue weighted by Crippen LogP contribution is 2.60. The van der Waals surface area contributed by atoms with Gasteiger partial charge >= 0.3 is 5.97 Å². The van der Waals surface area contributed by atoms with Crippen LogP contribution < -0.4 is 11.5 Å². The third kappa shape index (κ3) is 16.9. The lowest BCUT2D eigenvalue weighted by Gasteiger charge is -2.55. The average molecular weight is 676 g/mol. The Kier molecular flexibility index (Phi) is 27.2. The van der Waals surface area contributed by atoms with E-state index in [0.717, 1.165) is 61.4 Å². The molecule has 0 aromatic heterocycles. The molecule has 0 aromatic rings. The van der Waals surface area contributed by atoms with Crippen molar-refractivity contribution < 1.29 is 14.7 Å². The van der Waals surface area contributed by atoms with Crippen molar-refractivity contribution in [2.45, 2.75) is 177 Å². The van der Waals surface area contributed by atoms with Crippen molar-refractivity contribution in [3.05, 3.63) is 0 Å². The molecule has 5 N–H and O–H groups in total. The summed E-state index contributed by atoms with van der Waals surface area (Å²) in [6.45, 7) is 18.4. The Bertz CT molecular complexity index is 856. The van der Waals surface area contributed by atoms with Gasteiger partial charge in [0, 0.05) is 19.5 Å². The zero-order chi connectivity index (χ0) is 36.4. The molecule has 0 bridgehead atoms. The van der Waals surface area contributed by atoms with Gasteiger partial charge in [-0.25, -0.2) is 0 Å². The van der Waals surface area contributed by atoms with Crippen LogP contribution in [-0.2, 0) is 9.59 Å². The van der Waals surface area contributed by atoms with E-state index in [1.807, 2.05) is 11.8 Å². The van der Waals surface area contributed by atoms with Crippen molar-refractivity contribution in [3.63, 3.8) is 0 Å². The minimum Gasteiger partial charge on any atom is -0.481 e. The average Bonchev–Trinajstić information content (AvgIpc) is 3.41. The van der Waals surface area contributed by atoms with E-state index in [4.69, 9.17) is 23.0 Å². The zero-order valence-electron chi connectivity index (χ0n) is 32.9. The number of carbonyl (C=O) groups excluding carboxylic acids is 1. The molecule has 1 amide bonds. The molecule has 0 spiro atoms. The van der Waals surface area contributed by atoms with E-state index in [2.05, 4.69) is 47.5 Å². The summed E-state index contributed by atoms with van der Waals surface area (Å²) in [4.78, 5) is 24.4. The number of fused-ring (bicyclic) bond motifs is 1. The quantitative estimate of drug-likeness (QED) is 0.111. The maximum Gasteiger partial charge on any atom is 0.304 e. The molecule has 0 radical (unpaired) electrons. The summed E-state index contributed by atoms with van der Waals surface area (Å²) in [7, 11) is 0. The first-order valence-electron chi connectivity index (χ1n) is 20.4. The lowest BCUT2D eigenvalue weighted by molar-refractivity contribution is -0.136. The highest BCUT2D eigenvalue weighted by molar-refractivity contribution is 5.76. The van der Waals surface area contributed by atoms with Gasteiger partial charge in [-0.3, -0.25) is 9.59 Å². The molecule has 7 atom stereocenters. The van der Waals surface area contributed by atoms with Gasteiger partial charge in [-0.2, -0.15) is 0 Å². The topological polar surface area (TPSA) is 110 Å². The van der Waals surface area contributed by atoms with Gasteiger partial charge in [-0.15, -0.1) is 6.42 Å². The van der Waals surface area contributed by atoms with Crippen LogP contribution in [-0.4, -0.2) is 48.1 Å². The highest BCUT2D eigenvalue weighted by Gasteiger charge is 2.51. The van der Waals surface area contributed by atoms with Crippen molar-refractivity contribution in [1.82, 2.24) is 4.90 Å². The molecular formula is C42H81N3O3. The molecule has 4 unspecified atom stereocenters. The molecule has 0 heterocycles. The SMILES string of the molecule is C#CCN(CCCCCCCC)C(=O)CCC[C@H]1CCC(C2CCC3CCCC[C@]3(C)C2CC)[C@H]1C.CCC.CCN.NCCC(=O)O. The Labute approximate surface area is 298 Å². The van der Waals surface area contributed by atoms with E-state index in [1.165, 1.54) is 103 Å². The minimum atomic E-state index is -0.836. The standard InChI is InChI=1S/C34H59NO.C3H7NO2.C3H8.C2H7N/c1-6-9-10-11-12-15-26-35(25-7-2)33(36)19-16-17-28-20-22-30(27(28)4)31-23-21-29-18-13-14-24-34(29,5)32(31)8-3;4-2-1-3(5)6;1-3-2;1-2-3/h2,27-32H,6,8-26H2,1,3-5H3;1-2,4H2,(H,5,6);3H2,1-2H3;2-3H2,1H3/t27-,28-,29?,30?,31?,32?,34-;;;/m0.../s1.